The van der Waals surface area contributed by atoms with Gasteiger partial charge in [0, 0.05) is 24.4 Å². The molecule has 1 fully saturated rings. The van der Waals surface area contributed by atoms with Gasteiger partial charge in [-0.1, -0.05) is 0 Å². The number of nitrogens with zero attached hydrogens (tertiary/aromatic N) is 3. The van der Waals surface area contributed by atoms with Crippen LogP contribution in [-0.4, -0.2) is 34.0 Å². The maximum absolute atomic E-state index is 5.83. The number of rotatable bonds is 4. The zero-order valence-electron chi connectivity index (χ0n) is 11.2. The molecule has 2 atom stereocenters. The molecule has 3 rings (SSSR count). The third-order valence-electron chi connectivity index (χ3n) is 3.51. The highest BCUT2D eigenvalue weighted by molar-refractivity contribution is 5.74. The van der Waals surface area contributed by atoms with Crippen LogP contribution in [0.1, 0.15) is 32.2 Å². The summed E-state index contributed by atoms with van der Waals surface area (Å²) in [4.78, 5) is 8.35. The minimum absolute atomic E-state index is 0.0346. The second-order valence-corrected chi connectivity index (χ2v) is 5.00. The SMILES string of the molecule is C[C@@H](COC1CCCCO1)n1ccc2cncnc21. The zero-order chi connectivity index (χ0) is 13.1. The van der Waals surface area contributed by atoms with Gasteiger partial charge in [0.2, 0.25) is 0 Å². The van der Waals surface area contributed by atoms with Crippen LogP contribution in [0.3, 0.4) is 0 Å². The van der Waals surface area contributed by atoms with Crippen molar-refractivity contribution >= 4 is 11.0 Å². The van der Waals surface area contributed by atoms with E-state index in [1.54, 1.807) is 6.33 Å². The fraction of sp³-hybridized carbons (Fsp3) is 0.571. The van der Waals surface area contributed by atoms with Crippen molar-refractivity contribution in [3.8, 4) is 0 Å². The van der Waals surface area contributed by atoms with Crippen LogP contribution < -0.4 is 0 Å². The summed E-state index contributed by atoms with van der Waals surface area (Å²) in [6.45, 7) is 3.58. The van der Waals surface area contributed by atoms with E-state index in [4.69, 9.17) is 9.47 Å². The van der Waals surface area contributed by atoms with Crippen molar-refractivity contribution in [1.29, 1.82) is 0 Å². The van der Waals surface area contributed by atoms with Crippen LogP contribution in [0.4, 0.5) is 0 Å². The van der Waals surface area contributed by atoms with Crippen molar-refractivity contribution in [3.05, 3.63) is 24.8 Å². The van der Waals surface area contributed by atoms with Gasteiger partial charge in [0.15, 0.2) is 6.29 Å². The van der Waals surface area contributed by atoms with Gasteiger partial charge in [0.1, 0.15) is 12.0 Å². The molecular weight excluding hydrogens is 242 g/mol. The minimum Gasteiger partial charge on any atom is -0.353 e. The Labute approximate surface area is 112 Å². The molecule has 1 aliphatic heterocycles. The largest absolute Gasteiger partial charge is 0.353 e. The standard InChI is InChI=1S/C14H19N3O2/c1-11(9-19-13-4-2-3-7-18-13)17-6-5-12-8-15-10-16-14(12)17/h5-6,8,10-11,13H,2-4,7,9H2,1H3/t11-,13?/m0/s1. The lowest BCUT2D eigenvalue weighted by Crippen LogP contribution is -2.25. The van der Waals surface area contributed by atoms with Crippen molar-refractivity contribution in [3.63, 3.8) is 0 Å². The van der Waals surface area contributed by atoms with Crippen LogP contribution in [0.5, 0.6) is 0 Å². The van der Waals surface area contributed by atoms with E-state index >= 15 is 0 Å². The van der Waals surface area contributed by atoms with E-state index < -0.39 is 0 Å². The Balaban J connectivity index is 1.64. The van der Waals surface area contributed by atoms with E-state index in [9.17, 15) is 0 Å². The number of ether oxygens (including phenoxy) is 2. The lowest BCUT2D eigenvalue weighted by Gasteiger charge is -2.24. The average Bonchev–Trinajstić information content (AvgIpc) is 2.90. The predicted molar refractivity (Wildman–Crippen MR) is 71.8 cm³/mol. The quantitative estimate of drug-likeness (QED) is 0.848. The monoisotopic (exact) mass is 261 g/mol. The summed E-state index contributed by atoms with van der Waals surface area (Å²) in [6.07, 6.45) is 8.75. The van der Waals surface area contributed by atoms with E-state index in [1.165, 1.54) is 6.42 Å². The number of hydrogen-bond donors (Lipinski definition) is 0. The predicted octanol–water partition coefficient (Wildman–Crippen LogP) is 2.54. The highest BCUT2D eigenvalue weighted by Gasteiger charge is 2.16. The first-order valence-electron chi connectivity index (χ1n) is 6.84. The van der Waals surface area contributed by atoms with Crippen molar-refractivity contribution in [1.82, 2.24) is 14.5 Å². The van der Waals surface area contributed by atoms with Gasteiger partial charge in [-0.25, -0.2) is 9.97 Å². The molecular formula is C14H19N3O2. The van der Waals surface area contributed by atoms with Gasteiger partial charge in [-0.2, -0.15) is 0 Å². The summed E-state index contributed by atoms with van der Waals surface area (Å²) < 4.78 is 13.5. The Morgan fingerprint density at radius 3 is 3.32 bits per heavy atom. The molecule has 0 amide bonds. The van der Waals surface area contributed by atoms with Gasteiger partial charge in [-0.3, -0.25) is 0 Å². The van der Waals surface area contributed by atoms with Crippen molar-refractivity contribution in [2.24, 2.45) is 0 Å². The molecule has 1 saturated heterocycles. The zero-order valence-corrected chi connectivity index (χ0v) is 11.2. The number of fused-ring (bicyclic) bond motifs is 1. The molecule has 5 nitrogen and oxygen atoms in total. The molecule has 102 valence electrons. The molecule has 0 saturated carbocycles. The summed E-state index contributed by atoms with van der Waals surface area (Å²) in [5.41, 5.74) is 0.954. The normalized spacial score (nSPS) is 21.6. The third kappa shape index (κ3) is 2.77. The van der Waals surface area contributed by atoms with E-state index in [-0.39, 0.29) is 12.3 Å². The fourth-order valence-electron chi connectivity index (χ4n) is 2.42. The molecule has 2 aromatic rings. The van der Waals surface area contributed by atoms with Crippen LogP contribution in [-0.2, 0) is 9.47 Å². The summed E-state index contributed by atoms with van der Waals surface area (Å²) in [6, 6.07) is 2.26. The maximum atomic E-state index is 5.83. The van der Waals surface area contributed by atoms with Gasteiger partial charge >= 0.3 is 0 Å². The van der Waals surface area contributed by atoms with Crippen LogP contribution in [0.2, 0.25) is 0 Å². The van der Waals surface area contributed by atoms with Gasteiger partial charge in [-0.05, 0) is 32.3 Å². The second-order valence-electron chi connectivity index (χ2n) is 5.00. The molecule has 0 N–H and O–H groups in total. The molecule has 0 radical (unpaired) electrons. The highest BCUT2D eigenvalue weighted by Crippen LogP contribution is 2.19. The fourth-order valence-corrected chi connectivity index (χ4v) is 2.42. The van der Waals surface area contributed by atoms with E-state index in [2.05, 4.69) is 21.5 Å². The Morgan fingerprint density at radius 1 is 1.53 bits per heavy atom. The average molecular weight is 261 g/mol. The number of hydrogen-bond acceptors (Lipinski definition) is 4. The van der Waals surface area contributed by atoms with Crippen molar-refractivity contribution in [2.75, 3.05) is 13.2 Å². The Hall–Kier alpha value is -1.46. The molecule has 1 unspecified atom stereocenters. The Morgan fingerprint density at radius 2 is 2.47 bits per heavy atom. The maximum Gasteiger partial charge on any atom is 0.157 e. The summed E-state index contributed by atoms with van der Waals surface area (Å²) in [5, 5.41) is 1.06. The first-order chi connectivity index (χ1) is 9.34. The van der Waals surface area contributed by atoms with Crippen LogP contribution in [0.15, 0.2) is 24.8 Å². The molecule has 3 heterocycles. The molecule has 2 aromatic heterocycles. The molecule has 5 heteroatoms. The minimum atomic E-state index is -0.0346. The summed E-state index contributed by atoms with van der Waals surface area (Å²) >= 11 is 0. The Bertz CT molecular complexity index is 534. The second kappa shape index (κ2) is 5.67. The van der Waals surface area contributed by atoms with Gasteiger partial charge < -0.3 is 14.0 Å². The molecule has 0 aliphatic carbocycles. The molecule has 0 bridgehead atoms. The van der Waals surface area contributed by atoms with E-state index in [0.29, 0.717) is 6.61 Å². The van der Waals surface area contributed by atoms with Gasteiger partial charge in [0.05, 0.1) is 12.6 Å². The van der Waals surface area contributed by atoms with Crippen LogP contribution >= 0.6 is 0 Å². The molecule has 19 heavy (non-hydrogen) atoms. The Kier molecular flexibility index (Phi) is 3.75. The summed E-state index contributed by atoms with van der Waals surface area (Å²) in [7, 11) is 0. The number of aromatic nitrogens is 3. The lowest BCUT2D eigenvalue weighted by atomic mass is 10.2. The molecule has 1 aliphatic rings. The first kappa shape index (κ1) is 12.6. The first-order valence-corrected chi connectivity index (χ1v) is 6.84. The molecule has 0 aromatic carbocycles. The van der Waals surface area contributed by atoms with Crippen molar-refractivity contribution in [2.45, 2.75) is 38.5 Å². The topological polar surface area (TPSA) is 49.2 Å². The van der Waals surface area contributed by atoms with Gasteiger partial charge in [0.25, 0.3) is 0 Å². The van der Waals surface area contributed by atoms with E-state index in [1.807, 2.05) is 18.5 Å². The van der Waals surface area contributed by atoms with Crippen LogP contribution in [0.25, 0.3) is 11.0 Å². The van der Waals surface area contributed by atoms with E-state index in [0.717, 1.165) is 30.5 Å². The van der Waals surface area contributed by atoms with Crippen molar-refractivity contribution < 1.29 is 9.47 Å². The smallest absolute Gasteiger partial charge is 0.157 e. The molecule has 0 spiro atoms. The summed E-state index contributed by atoms with van der Waals surface area (Å²) in [5.74, 6) is 0. The lowest BCUT2D eigenvalue weighted by molar-refractivity contribution is -0.166. The highest BCUT2D eigenvalue weighted by atomic mass is 16.7. The third-order valence-corrected chi connectivity index (χ3v) is 3.51. The van der Waals surface area contributed by atoms with Gasteiger partial charge in [-0.15, -0.1) is 0 Å². The van der Waals surface area contributed by atoms with Crippen LogP contribution in [0, 0.1) is 0 Å².